The number of hydrogen-bond acceptors (Lipinski definition) is 4. The molecule has 1 amide bonds. The van der Waals surface area contributed by atoms with Crippen molar-refractivity contribution in [3.63, 3.8) is 0 Å². The number of hydrazone groups is 1. The molecule has 0 aromatic rings. The molecule has 0 bridgehead atoms. The van der Waals surface area contributed by atoms with Gasteiger partial charge in [-0.25, -0.2) is 5.01 Å². The average Bonchev–Trinajstić information content (AvgIpc) is 2.01. The first-order valence-corrected chi connectivity index (χ1v) is 4.11. The van der Waals surface area contributed by atoms with Gasteiger partial charge in [-0.15, -0.1) is 0 Å². The number of amides is 1. The monoisotopic (exact) mass is 206 g/mol. The van der Waals surface area contributed by atoms with Crippen molar-refractivity contribution < 1.29 is 14.3 Å². The van der Waals surface area contributed by atoms with E-state index in [1.54, 1.807) is 0 Å². The van der Waals surface area contributed by atoms with Crippen LogP contribution >= 0.6 is 11.6 Å². The number of carbonyl (C=O) groups excluding carboxylic acids is 1. The molecule has 1 aliphatic heterocycles. The molecule has 74 valence electrons. The first kappa shape index (κ1) is 10.1. The van der Waals surface area contributed by atoms with Crippen LogP contribution in [0.25, 0.3) is 0 Å². The van der Waals surface area contributed by atoms with Crippen LogP contribution in [-0.2, 0) is 9.47 Å². The van der Waals surface area contributed by atoms with Crippen LogP contribution in [0.4, 0.5) is 4.79 Å². The summed E-state index contributed by atoms with van der Waals surface area (Å²) in [6, 6.07) is 0. The van der Waals surface area contributed by atoms with Crippen molar-refractivity contribution >= 4 is 23.1 Å². The van der Waals surface area contributed by atoms with Crippen LogP contribution in [0.2, 0.25) is 0 Å². The van der Waals surface area contributed by atoms with Gasteiger partial charge >= 0.3 is 11.5 Å². The number of carbonyl (C=O) groups is 1. The van der Waals surface area contributed by atoms with Crippen molar-refractivity contribution in [3.05, 3.63) is 0 Å². The Morgan fingerprint density at radius 1 is 1.77 bits per heavy atom. The first-order chi connectivity index (χ1) is 5.94. The van der Waals surface area contributed by atoms with Gasteiger partial charge in [-0.2, -0.15) is 0 Å². The van der Waals surface area contributed by atoms with E-state index in [1.807, 2.05) is 13.8 Å². The molecule has 0 N–H and O–H groups in total. The zero-order valence-electron chi connectivity index (χ0n) is 7.70. The first-order valence-electron chi connectivity index (χ1n) is 3.73. The Labute approximate surface area is 81.2 Å². The molecule has 0 saturated heterocycles. The van der Waals surface area contributed by atoms with Crippen molar-refractivity contribution in [1.82, 2.24) is 5.01 Å². The summed E-state index contributed by atoms with van der Waals surface area (Å²) in [4.78, 5) is 10.8. The molecule has 0 fully saturated rings. The average molecular weight is 207 g/mol. The summed E-state index contributed by atoms with van der Waals surface area (Å²) < 4.78 is 10.1. The van der Waals surface area contributed by atoms with E-state index >= 15 is 0 Å². The standard InChI is InChI=1S/C7H11ClN2O3/c1-7(2)4-10(5(8)11)9-6(12-3)13-7/h4H2,1-3H3. The molecule has 1 heterocycles. The predicted octanol–water partition coefficient (Wildman–Crippen LogP) is 1.37. The Balaban J connectivity index is 2.84. The largest absolute Gasteiger partial charge is 0.453 e. The molecule has 0 radical (unpaired) electrons. The van der Waals surface area contributed by atoms with E-state index in [1.165, 1.54) is 7.11 Å². The lowest BCUT2D eigenvalue weighted by atomic mass is 10.1. The topological polar surface area (TPSA) is 51.1 Å². The molecule has 0 aliphatic carbocycles. The molecule has 1 aliphatic rings. The number of halogens is 1. The molecule has 0 aromatic carbocycles. The van der Waals surface area contributed by atoms with Crippen LogP contribution in [0.1, 0.15) is 13.8 Å². The van der Waals surface area contributed by atoms with Crippen LogP contribution < -0.4 is 0 Å². The van der Waals surface area contributed by atoms with Gasteiger partial charge in [-0.1, -0.05) is 5.10 Å². The molecule has 5 nitrogen and oxygen atoms in total. The molecule has 0 aromatic heterocycles. The van der Waals surface area contributed by atoms with Gasteiger partial charge in [-0.05, 0) is 25.4 Å². The van der Waals surface area contributed by atoms with E-state index in [4.69, 9.17) is 21.1 Å². The second-order valence-corrected chi connectivity index (χ2v) is 3.57. The molecule has 1 rings (SSSR count). The second-order valence-electron chi connectivity index (χ2n) is 3.24. The van der Waals surface area contributed by atoms with Crippen LogP contribution in [0.3, 0.4) is 0 Å². The van der Waals surface area contributed by atoms with E-state index in [2.05, 4.69) is 5.10 Å². The maximum absolute atomic E-state index is 10.8. The SMILES string of the molecule is COC1=NN(C(=O)Cl)CC(C)(C)O1. The van der Waals surface area contributed by atoms with Gasteiger partial charge in [0.2, 0.25) is 0 Å². The van der Waals surface area contributed by atoms with Gasteiger partial charge < -0.3 is 9.47 Å². The van der Waals surface area contributed by atoms with Gasteiger partial charge in [0, 0.05) is 0 Å². The summed E-state index contributed by atoms with van der Waals surface area (Å²) in [7, 11) is 1.41. The van der Waals surface area contributed by atoms with Gasteiger partial charge in [0.05, 0.1) is 13.7 Å². The zero-order chi connectivity index (χ0) is 10.1. The van der Waals surface area contributed by atoms with Crippen molar-refractivity contribution in [2.75, 3.05) is 13.7 Å². The van der Waals surface area contributed by atoms with Crippen LogP contribution in [0.5, 0.6) is 0 Å². The Morgan fingerprint density at radius 3 is 2.85 bits per heavy atom. The van der Waals surface area contributed by atoms with Crippen LogP contribution in [0.15, 0.2) is 5.10 Å². The van der Waals surface area contributed by atoms with Crippen LogP contribution in [0, 0.1) is 0 Å². The number of hydrogen-bond donors (Lipinski definition) is 0. The van der Waals surface area contributed by atoms with Crippen molar-refractivity contribution in [1.29, 1.82) is 0 Å². The Hall–Kier alpha value is -0.970. The van der Waals surface area contributed by atoms with Crippen molar-refractivity contribution in [2.24, 2.45) is 5.10 Å². The smallest absolute Gasteiger partial charge is 0.406 e. The Kier molecular flexibility index (Phi) is 2.66. The van der Waals surface area contributed by atoms with Gasteiger partial charge in [0.15, 0.2) is 0 Å². The van der Waals surface area contributed by atoms with E-state index in [0.29, 0.717) is 6.54 Å². The molecule has 0 atom stereocenters. The molecular formula is C7H11ClN2O3. The minimum absolute atomic E-state index is 0.0465. The highest BCUT2D eigenvalue weighted by molar-refractivity contribution is 6.62. The van der Waals surface area contributed by atoms with Crippen molar-refractivity contribution in [2.45, 2.75) is 19.4 Å². The third kappa shape index (κ3) is 2.48. The summed E-state index contributed by atoms with van der Waals surface area (Å²) in [6.45, 7) is 3.93. The molecule has 0 unspecified atom stereocenters. The lowest BCUT2D eigenvalue weighted by Gasteiger charge is -2.33. The summed E-state index contributed by atoms with van der Waals surface area (Å²) in [5.74, 6) is 0. The third-order valence-electron chi connectivity index (χ3n) is 1.47. The molecule has 0 saturated carbocycles. The maximum Gasteiger partial charge on any atom is 0.406 e. The van der Waals surface area contributed by atoms with E-state index in [-0.39, 0.29) is 6.08 Å². The lowest BCUT2D eigenvalue weighted by molar-refractivity contribution is 0.00343. The predicted molar refractivity (Wildman–Crippen MR) is 47.6 cm³/mol. The number of ether oxygens (including phenoxy) is 2. The van der Waals surface area contributed by atoms with Crippen LogP contribution in [-0.4, -0.2) is 35.7 Å². The molecule has 6 heteroatoms. The molecule has 13 heavy (non-hydrogen) atoms. The normalized spacial score (nSPS) is 20.3. The fourth-order valence-electron chi connectivity index (χ4n) is 0.968. The summed E-state index contributed by atoms with van der Waals surface area (Å²) in [5, 5.41) is 4.17. The minimum atomic E-state index is -0.647. The zero-order valence-corrected chi connectivity index (χ0v) is 8.46. The van der Waals surface area contributed by atoms with Crippen molar-refractivity contribution in [3.8, 4) is 0 Å². The highest BCUT2D eigenvalue weighted by atomic mass is 35.5. The van der Waals surface area contributed by atoms with Gasteiger partial charge in [-0.3, -0.25) is 4.79 Å². The van der Waals surface area contributed by atoms with Gasteiger partial charge in [0.25, 0.3) is 0 Å². The summed E-state index contributed by atoms with van der Waals surface area (Å²) in [5.41, 5.74) is -0.530. The fraction of sp³-hybridized carbons (Fsp3) is 0.714. The summed E-state index contributed by atoms with van der Waals surface area (Å²) in [6.07, 6.45) is 0.0465. The summed E-state index contributed by atoms with van der Waals surface area (Å²) >= 11 is 5.27. The molecule has 0 spiro atoms. The maximum atomic E-state index is 10.8. The fourth-order valence-corrected chi connectivity index (χ4v) is 1.07. The number of rotatable bonds is 0. The van der Waals surface area contributed by atoms with E-state index < -0.39 is 11.0 Å². The second kappa shape index (κ2) is 3.41. The highest BCUT2D eigenvalue weighted by Gasteiger charge is 2.33. The quantitative estimate of drug-likeness (QED) is 0.444. The highest BCUT2D eigenvalue weighted by Crippen LogP contribution is 2.19. The minimum Gasteiger partial charge on any atom is -0.453 e. The third-order valence-corrected chi connectivity index (χ3v) is 1.67. The Bertz CT molecular complexity index is 252. The van der Waals surface area contributed by atoms with Gasteiger partial charge in [0.1, 0.15) is 5.60 Å². The number of methoxy groups -OCH3 is 1. The van der Waals surface area contributed by atoms with E-state index in [0.717, 1.165) is 5.01 Å². The molecular weight excluding hydrogens is 196 g/mol. The lowest BCUT2D eigenvalue weighted by Crippen LogP contribution is -2.46. The Morgan fingerprint density at radius 2 is 2.38 bits per heavy atom. The number of nitrogens with zero attached hydrogens (tertiary/aromatic N) is 2. The van der Waals surface area contributed by atoms with E-state index in [9.17, 15) is 4.79 Å².